The Morgan fingerprint density at radius 2 is 1.53 bits per heavy atom. The van der Waals surface area contributed by atoms with E-state index in [1.165, 1.54) is 38.9 Å². The van der Waals surface area contributed by atoms with E-state index in [4.69, 9.17) is 27.9 Å². The number of nitrogens with one attached hydrogen (secondary N) is 1. The molecule has 2 fully saturated rings. The second kappa shape index (κ2) is 11.3. The predicted octanol–water partition coefficient (Wildman–Crippen LogP) is 1.96. The van der Waals surface area contributed by atoms with Crippen molar-refractivity contribution < 1.29 is 26.4 Å². The normalized spacial score (nSPS) is 18.7. The van der Waals surface area contributed by atoms with E-state index in [9.17, 15) is 21.6 Å². The fraction of sp³-hybridized carbons (Fsp3) is 0.409. The molecule has 0 aliphatic carbocycles. The van der Waals surface area contributed by atoms with Gasteiger partial charge in [0.15, 0.2) is 0 Å². The topological polar surface area (TPSA) is 116 Å². The third-order valence-corrected chi connectivity index (χ3v) is 10.4. The highest BCUT2D eigenvalue weighted by Crippen LogP contribution is 2.28. The third kappa shape index (κ3) is 6.20. The first-order valence-electron chi connectivity index (χ1n) is 11.2. The molecule has 14 heteroatoms. The van der Waals surface area contributed by atoms with E-state index in [1.807, 2.05) is 4.90 Å². The number of carbonyl (C=O) groups is 1. The standard InChI is InChI=1S/C22H26Cl2N4O6S2/c23-17-4-5-20(24)21(14-17)36(32,33)27-8-6-26(7-9-27)16-22(29)25-18-2-1-3-19(15-18)35(30,31)28-10-12-34-13-11-28/h1-5,14-15H,6-13,16H2,(H,25,29). The number of piperazine rings is 1. The number of ether oxygens (including phenoxy) is 1. The lowest BCUT2D eigenvalue weighted by Gasteiger charge is -2.33. The van der Waals surface area contributed by atoms with Gasteiger partial charge in [0.1, 0.15) is 4.90 Å². The van der Waals surface area contributed by atoms with Gasteiger partial charge in [-0.25, -0.2) is 16.8 Å². The maximum Gasteiger partial charge on any atom is 0.244 e. The van der Waals surface area contributed by atoms with Crippen molar-refractivity contribution in [2.75, 3.05) is 64.3 Å². The van der Waals surface area contributed by atoms with Crippen LogP contribution in [-0.4, -0.2) is 95.3 Å². The molecule has 36 heavy (non-hydrogen) atoms. The van der Waals surface area contributed by atoms with E-state index in [0.717, 1.165) is 0 Å². The quantitative estimate of drug-likeness (QED) is 0.535. The lowest BCUT2D eigenvalue weighted by molar-refractivity contribution is -0.117. The minimum Gasteiger partial charge on any atom is -0.379 e. The Bertz CT molecular complexity index is 1330. The number of nitrogens with zero attached hydrogens (tertiary/aromatic N) is 3. The van der Waals surface area contributed by atoms with Crippen molar-refractivity contribution in [2.45, 2.75) is 9.79 Å². The maximum absolute atomic E-state index is 13.0. The molecule has 0 saturated carbocycles. The highest BCUT2D eigenvalue weighted by Gasteiger charge is 2.31. The first-order chi connectivity index (χ1) is 17.1. The van der Waals surface area contributed by atoms with E-state index < -0.39 is 20.0 Å². The monoisotopic (exact) mass is 576 g/mol. The minimum absolute atomic E-state index is 0.0340. The van der Waals surface area contributed by atoms with E-state index in [2.05, 4.69) is 5.32 Å². The summed E-state index contributed by atoms with van der Waals surface area (Å²) in [6.07, 6.45) is 0. The van der Waals surface area contributed by atoms with Crippen LogP contribution in [0.15, 0.2) is 52.3 Å². The van der Waals surface area contributed by atoms with Crippen LogP contribution in [0.1, 0.15) is 0 Å². The van der Waals surface area contributed by atoms with Gasteiger partial charge in [-0.3, -0.25) is 9.69 Å². The van der Waals surface area contributed by atoms with Gasteiger partial charge in [-0.15, -0.1) is 0 Å². The van der Waals surface area contributed by atoms with Crippen LogP contribution >= 0.6 is 23.2 Å². The smallest absolute Gasteiger partial charge is 0.244 e. The average molecular weight is 578 g/mol. The van der Waals surface area contributed by atoms with Gasteiger partial charge >= 0.3 is 0 Å². The van der Waals surface area contributed by atoms with Crippen LogP contribution in [0.5, 0.6) is 0 Å². The lowest BCUT2D eigenvalue weighted by atomic mass is 10.3. The number of anilines is 1. The molecular formula is C22H26Cl2N4O6S2. The SMILES string of the molecule is O=C(CN1CCN(S(=O)(=O)c2cc(Cl)ccc2Cl)CC1)Nc1cccc(S(=O)(=O)N2CCOCC2)c1. The number of rotatable bonds is 7. The third-order valence-electron chi connectivity index (χ3n) is 5.94. The summed E-state index contributed by atoms with van der Waals surface area (Å²) < 4.78 is 59.6. The van der Waals surface area contributed by atoms with E-state index in [0.29, 0.717) is 32.0 Å². The second-order valence-corrected chi connectivity index (χ2v) is 13.0. The van der Waals surface area contributed by atoms with Crippen molar-refractivity contribution in [2.24, 2.45) is 0 Å². The van der Waals surface area contributed by atoms with E-state index in [-0.39, 0.29) is 58.5 Å². The largest absolute Gasteiger partial charge is 0.379 e. The summed E-state index contributed by atoms with van der Waals surface area (Å²) in [7, 11) is -7.51. The summed E-state index contributed by atoms with van der Waals surface area (Å²) in [6.45, 7) is 2.34. The number of hydrogen-bond acceptors (Lipinski definition) is 7. The van der Waals surface area contributed by atoms with Crippen LogP contribution in [0.2, 0.25) is 10.0 Å². The molecule has 196 valence electrons. The molecule has 10 nitrogen and oxygen atoms in total. The molecule has 0 bridgehead atoms. The lowest BCUT2D eigenvalue weighted by Crippen LogP contribution is -2.50. The molecule has 0 aromatic heterocycles. The zero-order valence-corrected chi connectivity index (χ0v) is 22.4. The zero-order valence-electron chi connectivity index (χ0n) is 19.3. The summed E-state index contributed by atoms with van der Waals surface area (Å²) in [5.74, 6) is -0.329. The van der Waals surface area contributed by atoms with Crippen molar-refractivity contribution in [3.63, 3.8) is 0 Å². The molecule has 2 aromatic rings. The zero-order chi connectivity index (χ0) is 25.9. The number of benzene rings is 2. The van der Waals surface area contributed by atoms with Crippen LogP contribution in [0.4, 0.5) is 5.69 Å². The Balaban J connectivity index is 1.34. The molecular weight excluding hydrogens is 551 g/mol. The number of amides is 1. The molecule has 2 heterocycles. The van der Waals surface area contributed by atoms with Gasteiger partial charge < -0.3 is 10.1 Å². The minimum atomic E-state index is -3.82. The highest BCUT2D eigenvalue weighted by molar-refractivity contribution is 7.89. The molecule has 0 atom stereocenters. The van der Waals surface area contributed by atoms with Crippen molar-refractivity contribution in [1.82, 2.24) is 13.5 Å². The Hall–Kier alpha value is -1.77. The molecule has 2 aliphatic rings. The van der Waals surface area contributed by atoms with Gasteiger partial charge in [0.2, 0.25) is 26.0 Å². The molecule has 0 radical (unpaired) electrons. The molecule has 1 amide bonds. The van der Waals surface area contributed by atoms with E-state index in [1.54, 1.807) is 12.1 Å². The van der Waals surface area contributed by atoms with Gasteiger partial charge in [0, 0.05) is 50.0 Å². The van der Waals surface area contributed by atoms with Crippen LogP contribution < -0.4 is 5.32 Å². The van der Waals surface area contributed by atoms with Crippen LogP contribution in [0, 0.1) is 0 Å². The average Bonchev–Trinajstić information content (AvgIpc) is 2.86. The van der Waals surface area contributed by atoms with Gasteiger partial charge in [-0.2, -0.15) is 8.61 Å². The number of halogens is 2. The summed E-state index contributed by atoms with van der Waals surface area (Å²) in [4.78, 5) is 14.5. The van der Waals surface area contributed by atoms with Crippen molar-refractivity contribution in [1.29, 1.82) is 0 Å². The summed E-state index contributed by atoms with van der Waals surface area (Å²) >= 11 is 12.0. The van der Waals surface area contributed by atoms with Gasteiger partial charge in [0.05, 0.1) is 29.7 Å². The predicted molar refractivity (Wildman–Crippen MR) is 136 cm³/mol. The van der Waals surface area contributed by atoms with Crippen LogP contribution in [0.3, 0.4) is 0 Å². The Kier molecular flexibility index (Phi) is 8.57. The molecule has 0 spiro atoms. The van der Waals surface area contributed by atoms with Gasteiger partial charge in [-0.1, -0.05) is 29.3 Å². The first kappa shape index (κ1) is 27.3. The van der Waals surface area contributed by atoms with Crippen molar-refractivity contribution in [3.8, 4) is 0 Å². The number of carbonyl (C=O) groups excluding carboxylic acids is 1. The Labute approximate surface area is 220 Å². The van der Waals surface area contributed by atoms with Crippen molar-refractivity contribution >= 4 is 54.8 Å². The second-order valence-electron chi connectivity index (χ2n) is 8.35. The molecule has 2 saturated heterocycles. The number of sulfonamides is 2. The van der Waals surface area contributed by atoms with Crippen molar-refractivity contribution in [3.05, 3.63) is 52.5 Å². The highest BCUT2D eigenvalue weighted by atomic mass is 35.5. The molecule has 4 rings (SSSR count). The maximum atomic E-state index is 13.0. The molecule has 0 unspecified atom stereocenters. The van der Waals surface area contributed by atoms with Crippen LogP contribution in [0.25, 0.3) is 0 Å². The molecule has 2 aromatic carbocycles. The summed E-state index contributed by atoms with van der Waals surface area (Å²) in [6, 6.07) is 10.4. The fourth-order valence-electron chi connectivity index (χ4n) is 4.02. The fourth-order valence-corrected chi connectivity index (χ4v) is 7.63. The number of hydrogen-bond donors (Lipinski definition) is 1. The molecule has 1 N–H and O–H groups in total. The van der Waals surface area contributed by atoms with Gasteiger partial charge in [0.25, 0.3) is 0 Å². The molecule has 2 aliphatic heterocycles. The van der Waals surface area contributed by atoms with Gasteiger partial charge in [-0.05, 0) is 36.4 Å². The van der Waals surface area contributed by atoms with Crippen LogP contribution in [-0.2, 0) is 29.6 Å². The summed E-state index contributed by atoms with van der Waals surface area (Å²) in [5, 5.41) is 3.10. The Morgan fingerprint density at radius 1 is 0.861 bits per heavy atom. The first-order valence-corrected chi connectivity index (χ1v) is 14.9. The van der Waals surface area contributed by atoms with E-state index >= 15 is 0 Å². The Morgan fingerprint density at radius 3 is 2.22 bits per heavy atom. The number of morpholine rings is 1. The summed E-state index contributed by atoms with van der Waals surface area (Å²) in [5.41, 5.74) is 0.367.